The normalized spacial score (nSPS) is 15.4. The number of nitrogens with one attached hydrogen (secondary N) is 1. The van der Waals surface area contributed by atoms with Crippen LogP contribution in [0.3, 0.4) is 0 Å². The first kappa shape index (κ1) is 15.7. The minimum absolute atomic E-state index is 0.0298. The number of anilines is 1. The fraction of sp³-hybridized carbons (Fsp3) is 0.462. The van der Waals surface area contributed by atoms with Crippen molar-refractivity contribution in [3.8, 4) is 0 Å². The van der Waals surface area contributed by atoms with Crippen LogP contribution in [0.25, 0.3) is 0 Å². The van der Waals surface area contributed by atoms with Gasteiger partial charge < -0.3 is 10.2 Å². The van der Waals surface area contributed by atoms with Crippen molar-refractivity contribution in [3.05, 3.63) is 38.4 Å². The van der Waals surface area contributed by atoms with E-state index in [9.17, 15) is 25.0 Å². The molecule has 1 aliphatic rings. The van der Waals surface area contributed by atoms with Gasteiger partial charge in [0.25, 0.3) is 11.4 Å². The first-order chi connectivity index (χ1) is 10.4. The highest BCUT2D eigenvalue weighted by molar-refractivity contribution is 5.78. The molecule has 0 aromatic heterocycles. The van der Waals surface area contributed by atoms with Crippen molar-refractivity contribution in [3.63, 3.8) is 0 Å². The quantitative estimate of drug-likeness (QED) is 0.664. The van der Waals surface area contributed by atoms with Crippen molar-refractivity contribution in [1.29, 1.82) is 0 Å². The van der Waals surface area contributed by atoms with E-state index in [2.05, 4.69) is 5.32 Å². The fourth-order valence-corrected chi connectivity index (χ4v) is 2.63. The molecule has 0 bridgehead atoms. The van der Waals surface area contributed by atoms with E-state index in [1.54, 1.807) is 11.9 Å². The molecule has 118 valence electrons. The summed E-state index contributed by atoms with van der Waals surface area (Å²) in [5.74, 6) is -0.129. The first-order valence-electron chi connectivity index (χ1n) is 6.83. The van der Waals surface area contributed by atoms with Crippen molar-refractivity contribution < 1.29 is 14.6 Å². The van der Waals surface area contributed by atoms with Crippen LogP contribution in [0.15, 0.2) is 18.2 Å². The predicted octanol–water partition coefficient (Wildman–Crippen LogP) is 1.47. The zero-order valence-electron chi connectivity index (χ0n) is 12.0. The standard InChI is InChI=1S/C13H16N4O5/c1-14-13(18)9-4-6-15(7-5-9)11-3-2-10(16(19)20)8-12(11)17(21)22/h2-3,8-9H,4-7H2,1H3,(H,14,18). The average Bonchev–Trinajstić information content (AvgIpc) is 2.53. The van der Waals surface area contributed by atoms with E-state index < -0.39 is 9.85 Å². The van der Waals surface area contributed by atoms with Gasteiger partial charge >= 0.3 is 0 Å². The van der Waals surface area contributed by atoms with E-state index in [4.69, 9.17) is 0 Å². The number of carbonyl (C=O) groups excluding carboxylic acids is 1. The van der Waals surface area contributed by atoms with Crippen molar-refractivity contribution in [2.24, 2.45) is 5.92 Å². The van der Waals surface area contributed by atoms with Gasteiger partial charge in [0.05, 0.1) is 15.9 Å². The minimum Gasteiger partial charge on any atom is -0.366 e. The van der Waals surface area contributed by atoms with Gasteiger partial charge in [0.15, 0.2) is 0 Å². The summed E-state index contributed by atoms with van der Waals surface area (Å²) in [4.78, 5) is 34.0. The van der Waals surface area contributed by atoms with Crippen LogP contribution in [0.1, 0.15) is 12.8 Å². The fourth-order valence-electron chi connectivity index (χ4n) is 2.63. The maximum atomic E-state index is 11.6. The topological polar surface area (TPSA) is 119 Å². The molecular weight excluding hydrogens is 292 g/mol. The largest absolute Gasteiger partial charge is 0.366 e. The molecule has 1 N–H and O–H groups in total. The number of hydrogen-bond acceptors (Lipinski definition) is 6. The molecule has 0 atom stereocenters. The third-order valence-corrected chi connectivity index (χ3v) is 3.82. The van der Waals surface area contributed by atoms with Gasteiger partial charge in [-0.05, 0) is 18.9 Å². The molecule has 1 fully saturated rings. The lowest BCUT2D eigenvalue weighted by molar-refractivity contribution is -0.393. The third kappa shape index (κ3) is 3.13. The van der Waals surface area contributed by atoms with E-state index in [-0.39, 0.29) is 23.2 Å². The molecule has 0 spiro atoms. The number of nitro groups is 2. The molecule has 0 saturated carbocycles. The van der Waals surface area contributed by atoms with E-state index in [1.807, 2.05) is 0 Å². The minimum atomic E-state index is -0.658. The van der Waals surface area contributed by atoms with Crippen molar-refractivity contribution in [2.75, 3.05) is 25.0 Å². The Hall–Kier alpha value is -2.71. The van der Waals surface area contributed by atoms with Gasteiger partial charge in [0, 0.05) is 32.1 Å². The first-order valence-corrected chi connectivity index (χ1v) is 6.83. The van der Waals surface area contributed by atoms with Crippen LogP contribution >= 0.6 is 0 Å². The average molecular weight is 308 g/mol. The highest BCUT2D eigenvalue weighted by atomic mass is 16.6. The highest BCUT2D eigenvalue weighted by Gasteiger charge is 2.29. The number of piperidine rings is 1. The number of hydrogen-bond donors (Lipinski definition) is 1. The van der Waals surface area contributed by atoms with E-state index >= 15 is 0 Å². The molecule has 9 nitrogen and oxygen atoms in total. The zero-order chi connectivity index (χ0) is 16.3. The summed E-state index contributed by atoms with van der Waals surface area (Å²) in [6, 6.07) is 3.63. The highest BCUT2D eigenvalue weighted by Crippen LogP contribution is 2.34. The number of nitro benzene ring substituents is 2. The van der Waals surface area contributed by atoms with Gasteiger partial charge in [0.2, 0.25) is 5.91 Å². The summed E-state index contributed by atoms with van der Waals surface area (Å²) in [5.41, 5.74) is -0.241. The molecule has 0 unspecified atom stereocenters. The number of carbonyl (C=O) groups is 1. The van der Waals surface area contributed by atoms with Gasteiger partial charge in [0.1, 0.15) is 5.69 Å². The summed E-state index contributed by atoms with van der Waals surface area (Å²) in [7, 11) is 1.58. The summed E-state index contributed by atoms with van der Waals surface area (Å²) < 4.78 is 0. The Bertz CT molecular complexity index is 610. The lowest BCUT2D eigenvalue weighted by Crippen LogP contribution is -2.39. The summed E-state index contributed by atoms with van der Waals surface area (Å²) in [6.45, 7) is 0.994. The second-order valence-corrected chi connectivity index (χ2v) is 5.06. The summed E-state index contributed by atoms with van der Waals surface area (Å²) in [5, 5.41) is 24.5. The number of benzene rings is 1. The molecular formula is C13H16N4O5. The molecule has 1 heterocycles. The Morgan fingerprint density at radius 1 is 1.23 bits per heavy atom. The van der Waals surface area contributed by atoms with E-state index in [1.165, 1.54) is 12.1 Å². The third-order valence-electron chi connectivity index (χ3n) is 3.82. The second-order valence-electron chi connectivity index (χ2n) is 5.06. The van der Waals surface area contributed by atoms with Gasteiger partial charge in [-0.25, -0.2) is 0 Å². The van der Waals surface area contributed by atoms with Gasteiger partial charge in [-0.1, -0.05) is 0 Å². The molecule has 22 heavy (non-hydrogen) atoms. The van der Waals surface area contributed by atoms with Gasteiger partial charge in [-0.3, -0.25) is 25.0 Å². The molecule has 9 heteroatoms. The van der Waals surface area contributed by atoms with Crippen molar-refractivity contribution in [1.82, 2.24) is 5.32 Å². The second kappa shape index (κ2) is 6.37. The van der Waals surface area contributed by atoms with Crippen LogP contribution in [-0.4, -0.2) is 35.9 Å². The van der Waals surface area contributed by atoms with E-state index in [0.29, 0.717) is 31.6 Å². The SMILES string of the molecule is CNC(=O)C1CCN(c2ccc([N+](=O)[O-])cc2[N+](=O)[O-])CC1. The monoisotopic (exact) mass is 308 g/mol. The van der Waals surface area contributed by atoms with Crippen LogP contribution in [0, 0.1) is 26.1 Å². The summed E-state index contributed by atoms with van der Waals surface area (Å²) in [6.07, 6.45) is 1.18. The van der Waals surface area contributed by atoms with Gasteiger partial charge in [-0.2, -0.15) is 0 Å². The maximum absolute atomic E-state index is 11.6. The Morgan fingerprint density at radius 2 is 1.86 bits per heavy atom. The smallest absolute Gasteiger partial charge is 0.299 e. The number of nitrogens with zero attached hydrogens (tertiary/aromatic N) is 3. The Kier molecular flexibility index (Phi) is 4.54. The molecule has 1 aromatic carbocycles. The Morgan fingerprint density at radius 3 is 2.36 bits per heavy atom. The Balaban J connectivity index is 2.21. The van der Waals surface area contributed by atoms with Crippen molar-refractivity contribution >= 4 is 23.0 Å². The molecule has 0 aliphatic carbocycles. The molecule has 1 amide bonds. The molecule has 0 radical (unpaired) electrons. The van der Waals surface area contributed by atoms with Crippen LogP contribution in [0.5, 0.6) is 0 Å². The lowest BCUT2D eigenvalue weighted by Gasteiger charge is -2.32. The number of amides is 1. The van der Waals surface area contributed by atoms with Crippen molar-refractivity contribution in [2.45, 2.75) is 12.8 Å². The number of rotatable bonds is 4. The van der Waals surface area contributed by atoms with Crippen LogP contribution in [-0.2, 0) is 4.79 Å². The maximum Gasteiger partial charge on any atom is 0.299 e. The zero-order valence-corrected chi connectivity index (χ0v) is 12.0. The summed E-state index contributed by atoms with van der Waals surface area (Å²) >= 11 is 0. The predicted molar refractivity (Wildman–Crippen MR) is 78.8 cm³/mol. The molecule has 2 rings (SSSR count). The van der Waals surface area contributed by atoms with Crippen LogP contribution in [0.2, 0.25) is 0 Å². The van der Waals surface area contributed by atoms with Gasteiger partial charge in [-0.15, -0.1) is 0 Å². The van der Waals surface area contributed by atoms with Crippen LogP contribution < -0.4 is 10.2 Å². The molecule has 1 aliphatic heterocycles. The Labute approximate surface area is 126 Å². The number of non-ortho nitro benzene ring substituents is 1. The lowest BCUT2D eigenvalue weighted by atomic mass is 9.95. The van der Waals surface area contributed by atoms with Crippen LogP contribution in [0.4, 0.5) is 17.1 Å². The molecule has 1 saturated heterocycles. The molecule has 1 aromatic rings. The van der Waals surface area contributed by atoms with E-state index in [0.717, 1.165) is 6.07 Å².